The van der Waals surface area contributed by atoms with Crippen LogP contribution in [0, 0.1) is 0 Å². The van der Waals surface area contributed by atoms with Crippen molar-refractivity contribution in [1.29, 1.82) is 0 Å². The van der Waals surface area contributed by atoms with E-state index in [0.29, 0.717) is 22.7 Å². The molecule has 1 aliphatic heterocycles. The minimum Gasteiger partial charge on any atom is -0.302 e. The van der Waals surface area contributed by atoms with Crippen LogP contribution in [0.3, 0.4) is 0 Å². The second kappa shape index (κ2) is 6.40. The van der Waals surface area contributed by atoms with E-state index in [4.69, 9.17) is 0 Å². The number of carbonyl (C=O) groups excluding carboxylic acids is 3. The van der Waals surface area contributed by atoms with E-state index in [9.17, 15) is 14.4 Å². The fourth-order valence-electron chi connectivity index (χ4n) is 3.27. The highest BCUT2D eigenvalue weighted by Gasteiger charge is 2.34. The maximum Gasteiger partial charge on any atom is 0.261 e. The van der Waals surface area contributed by atoms with Crippen LogP contribution in [0.2, 0.25) is 0 Å². The summed E-state index contributed by atoms with van der Waals surface area (Å²) >= 11 is 1.54. The fourth-order valence-corrected chi connectivity index (χ4v) is 4.33. The summed E-state index contributed by atoms with van der Waals surface area (Å²) < 4.78 is 0. The molecule has 0 saturated heterocycles. The van der Waals surface area contributed by atoms with Gasteiger partial charge in [-0.05, 0) is 37.8 Å². The first kappa shape index (κ1) is 16.0. The number of thiazole rings is 1. The van der Waals surface area contributed by atoms with E-state index in [1.54, 1.807) is 24.3 Å². The third kappa shape index (κ3) is 2.95. The molecule has 4 rings (SSSR count). The monoisotopic (exact) mass is 355 g/mol. The Morgan fingerprint density at radius 2 is 1.88 bits per heavy atom. The number of nitrogens with one attached hydrogen (secondary N) is 1. The molecule has 2 aliphatic rings. The first-order chi connectivity index (χ1) is 12.1. The van der Waals surface area contributed by atoms with Gasteiger partial charge in [0.05, 0.1) is 16.8 Å². The van der Waals surface area contributed by atoms with Gasteiger partial charge < -0.3 is 5.32 Å². The van der Waals surface area contributed by atoms with E-state index in [0.717, 1.165) is 25.0 Å². The molecule has 0 atom stereocenters. The maximum absolute atomic E-state index is 12.2. The van der Waals surface area contributed by atoms with Crippen LogP contribution in [0.25, 0.3) is 0 Å². The van der Waals surface area contributed by atoms with Crippen LogP contribution in [0.4, 0.5) is 5.13 Å². The molecule has 0 spiro atoms. The Hall–Kier alpha value is -2.54. The van der Waals surface area contributed by atoms with Gasteiger partial charge in [-0.3, -0.25) is 19.3 Å². The Kier molecular flexibility index (Phi) is 4.09. The molecule has 25 heavy (non-hydrogen) atoms. The van der Waals surface area contributed by atoms with Crippen molar-refractivity contribution in [3.63, 3.8) is 0 Å². The van der Waals surface area contributed by atoms with Crippen molar-refractivity contribution in [3.05, 3.63) is 46.0 Å². The lowest BCUT2D eigenvalue weighted by atomic mass is 10.1. The SMILES string of the molecule is O=C(CCCN1C(=O)c2ccccc2C1=O)Nc1nc2c(s1)CCC2. The normalized spacial score (nSPS) is 15.4. The van der Waals surface area contributed by atoms with Crippen molar-refractivity contribution < 1.29 is 14.4 Å². The summed E-state index contributed by atoms with van der Waals surface area (Å²) in [6, 6.07) is 6.80. The molecule has 6 nitrogen and oxygen atoms in total. The van der Waals surface area contributed by atoms with Crippen LogP contribution >= 0.6 is 11.3 Å². The third-order valence-corrected chi connectivity index (χ3v) is 5.58. The predicted octanol–water partition coefficient (Wildman–Crippen LogP) is 2.65. The molecule has 0 fully saturated rings. The summed E-state index contributed by atoms with van der Waals surface area (Å²) in [7, 11) is 0. The maximum atomic E-state index is 12.2. The highest BCUT2D eigenvalue weighted by atomic mass is 32.1. The van der Waals surface area contributed by atoms with E-state index in [2.05, 4.69) is 10.3 Å². The standard InChI is InChI=1S/C18H17N3O3S/c22-15(20-18-19-13-7-3-8-14(13)25-18)9-4-10-21-16(23)11-5-1-2-6-12(11)17(21)24/h1-2,5-6H,3-4,7-10H2,(H,19,20,22). The lowest BCUT2D eigenvalue weighted by Crippen LogP contribution is -2.31. The second-order valence-electron chi connectivity index (χ2n) is 6.20. The molecule has 1 aromatic carbocycles. The average Bonchev–Trinajstić information content (AvgIpc) is 3.24. The number of carbonyl (C=O) groups is 3. The van der Waals surface area contributed by atoms with E-state index in [-0.39, 0.29) is 30.7 Å². The van der Waals surface area contributed by atoms with E-state index >= 15 is 0 Å². The van der Waals surface area contributed by atoms with Crippen LogP contribution in [-0.4, -0.2) is 34.2 Å². The Morgan fingerprint density at radius 3 is 2.56 bits per heavy atom. The number of aryl methyl sites for hydroxylation is 2. The van der Waals surface area contributed by atoms with Crippen molar-refractivity contribution >= 4 is 34.2 Å². The molecule has 1 N–H and O–H groups in total. The highest BCUT2D eigenvalue weighted by Crippen LogP contribution is 2.30. The van der Waals surface area contributed by atoms with Crippen LogP contribution in [0.1, 0.15) is 50.5 Å². The lowest BCUT2D eigenvalue weighted by Gasteiger charge is -2.13. The smallest absolute Gasteiger partial charge is 0.261 e. The van der Waals surface area contributed by atoms with Crippen molar-refractivity contribution in [2.24, 2.45) is 0 Å². The van der Waals surface area contributed by atoms with Gasteiger partial charge in [-0.15, -0.1) is 11.3 Å². The summed E-state index contributed by atoms with van der Waals surface area (Å²) in [6.45, 7) is 0.244. The van der Waals surface area contributed by atoms with Gasteiger partial charge in [-0.25, -0.2) is 4.98 Å². The topological polar surface area (TPSA) is 79.4 Å². The number of imide groups is 1. The number of fused-ring (bicyclic) bond motifs is 2. The zero-order chi connectivity index (χ0) is 17.4. The summed E-state index contributed by atoms with van der Waals surface area (Å²) in [6.07, 6.45) is 3.85. The first-order valence-electron chi connectivity index (χ1n) is 8.37. The van der Waals surface area contributed by atoms with E-state index in [1.165, 1.54) is 21.1 Å². The number of benzene rings is 1. The van der Waals surface area contributed by atoms with Gasteiger partial charge in [-0.2, -0.15) is 0 Å². The molecular formula is C18H17N3O3S. The largest absolute Gasteiger partial charge is 0.302 e. The molecule has 128 valence electrons. The first-order valence-corrected chi connectivity index (χ1v) is 9.19. The minimum absolute atomic E-state index is 0.135. The summed E-state index contributed by atoms with van der Waals surface area (Å²) in [5, 5.41) is 3.46. The Balaban J connectivity index is 1.30. The second-order valence-corrected chi connectivity index (χ2v) is 7.29. The number of aromatic nitrogens is 1. The van der Waals surface area contributed by atoms with Crippen molar-refractivity contribution in [2.45, 2.75) is 32.1 Å². The van der Waals surface area contributed by atoms with Crippen molar-refractivity contribution in [1.82, 2.24) is 9.88 Å². The number of hydrogen-bond donors (Lipinski definition) is 1. The summed E-state index contributed by atoms with van der Waals surface area (Å²) in [5.41, 5.74) is 1.98. The number of anilines is 1. The van der Waals surface area contributed by atoms with Gasteiger partial charge >= 0.3 is 0 Å². The minimum atomic E-state index is -0.280. The molecule has 1 aliphatic carbocycles. The zero-order valence-corrected chi connectivity index (χ0v) is 14.4. The van der Waals surface area contributed by atoms with Gasteiger partial charge in [0.15, 0.2) is 5.13 Å². The van der Waals surface area contributed by atoms with E-state index < -0.39 is 0 Å². The van der Waals surface area contributed by atoms with Gasteiger partial charge in [0.1, 0.15) is 0 Å². The molecule has 0 unspecified atom stereocenters. The summed E-state index contributed by atoms with van der Waals surface area (Å²) in [4.78, 5) is 43.5. The van der Waals surface area contributed by atoms with Crippen LogP contribution in [0.5, 0.6) is 0 Å². The summed E-state index contributed by atoms with van der Waals surface area (Å²) in [5.74, 6) is -0.696. The van der Waals surface area contributed by atoms with Crippen LogP contribution in [0.15, 0.2) is 24.3 Å². The number of nitrogens with zero attached hydrogens (tertiary/aromatic N) is 2. The Labute approximate surface area is 148 Å². The molecule has 2 aromatic rings. The van der Waals surface area contributed by atoms with Crippen molar-refractivity contribution in [2.75, 3.05) is 11.9 Å². The number of hydrogen-bond acceptors (Lipinski definition) is 5. The molecule has 2 heterocycles. The van der Waals surface area contributed by atoms with E-state index in [1.807, 2.05) is 0 Å². The van der Waals surface area contributed by atoms with Crippen LogP contribution < -0.4 is 5.32 Å². The van der Waals surface area contributed by atoms with Gasteiger partial charge in [0.25, 0.3) is 11.8 Å². The van der Waals surface area contributed by atoms with Gasteiger partial charge in [0, 0.05) is 17.8 Å². The molecule has 7 heteroatoms. The third-order valence-electron chi connectivity index (χ3n) is 4.51. The molecule has 3 amide bonds. The average molecular weight is 355 g/mol. The molecule has 0 bridgehead atoms. The number of amides is 3. The van der Waals surface area contributed by atoms with Gasteiger partial charge in [-0.1, -0.05) is 12.1 Å². The fraction of sp³-hybridized carbons (Fsp3) is 0.333. The molecule has 1 aromatic heterocycles. The lowest BCUT2D eigenvalue weighted by molar-refractivity contribution is -0.116. The molecule has 0 radical (unpaired) electrons. The van der Waals surface area contributed by atoms with Crippen molar-refractivity contribution in [3.8, 4) is 0 Å². The van der Waals surface area contributed by atoms with Gasteiger partial charge in [0.2, 0.25) is 5.91 Å². The molecular weight excluding hydrogens is 338 g/mol. The number of rotatable bonds is 5. The zero-order valence-electron chi connectivity index (χ0n) is 13.6. The predicted molar refractivity (Wildman–Crippen MR) is 93.8 cm³/mol. The Morgan fingerprint density at radius 1 is 1.16 bits per heavy atom. The quantitative estimate of drug-likeness (QED) is 0.836. The molecule has 0 saturated carbocycles. The Bertz CT molecular complexity index is 818. The highest BCUT2D eigenvalue weighted by molar-refractivity contribution is 7.15. The van der Waals surface area contributed by atoms with Crippen LogP contribution in [-0.2, 0) is 17.6 Å².